The Morgan fingerprint density at radius 2 is 1.89 bits per heavy atom. The molecule has 2 aliphatic carbocycles. The number of hydrogen-bond donors (Lipinski definition) is 1. The van der Waals surface area contributed by atoms with E-state index in [0.29, 0.717) is 17.9 Å². The third-order valence-corrected chi connectivity index (χ3v) is 5.02. The minimum atomic E-state index is -0.245. The highest BCUT2D eigenvalue weighted by Gasteiger charge is 2.36. The van der Waals surface area contributed by atoms with E-state index in [-0.39, 0.29) is 12.2 Å². The summed E-state index contributed by atoms with van der Waals surface area (Å²) in [6, 6.07) is 0. The van der Waals surface area contributed by atoms with Crippen LogP contribution in [0.1, 0.15) is 65.7 Å². The van der Waals surface area contributed by atoms with E-state index in [4.69, 9.17) is 4.74 Å². The molecule has 0 heterocycles. The molecule has 2 saturated carbocycles. The first-order chi connectivity index (χ1) is 8.60. The van der Waals surface area contributed by atoms with E-state index in [2.05, 4.69) is 20.8 Å². The molecule has 0 spiro atoms. The summed E-state index contributed by atoms with van der Waals surface area (Å²) in [6.07, 6.45) is 8.72. The van der Waals surface area contributed by atoms with Crippen molar-refractivity contribution in [1.82, 2.24) is 0 Å². The molecule has 106 valence electrons. The van der Waals surface area contributed by atoms with Gasteiger partial charge in [0.15, 0.2) is 0 Å². The molecule has 6 atom stereocenters. The van der Waals surface area contributed by atoms with E-state index in [1.807, 2.05) is 0 Å². The summed E-state index contributed by atoms with van der Waals surface area (Å²) in [5.74, 6) is 1.99. The average Bonchev–Trinajstić information content (AvgIpc) is 2.34. The lowest BCUT2D eigenvalue weighted by atomic mass is 9.79. The summed E-state index contributed by atoms with van der Waals surface area (Å²) in [5.41, 5.74) is 0. The second kappa shape index (κ2) is 6.38. The molecule has 2 heteroatoms. The van der Waals surface area contributed by atoms with Crippen LogP contribution in [-0.2, 0) is 4.74 Å². The molecule has 2 rings (SSSR count). The molecule has 2 fully saturated rings. The number of hydrogen-bond acceptors (Lipinski definition) is 2. The molecular formula is C16H30O2. The van der Waals surface area contributed by atoms with Gasteiger partial charge in [-0.05, 0) is 43.4 Å². The van der Waals surface area contributed by atoms with E-state index >= 15 is 0 Å². The third kappa shape index (κ3) is 3.48. The van der Waals surface area contributed by atoms with Crippen molar-refractivity contribution in [3.8, 4) is 0 Å². The molecule has 0 aromatic heterocycles. The van der Waals surface area contributed by atoms with Crippen molar-refractivity contribution in [1.29, 1.82) is 0 Å². The standard InChI is InChI=1S/C16H30O2/c1-4-13-6-5-7-14(10-13)18-16-12(3)8-11(2)9-15(16)17/h11-17H,4-10H2,1-3H3. The van der Waals surface area contributed by atoms with Crippen LogP contribution in [-0.4, -0.2) is 23.4 Å². The predicted molar refractivity (Wildman–Crippen MR) is 74.5 cm³/mol. The Morgan fingerprint density at radius 3 is 2.56 bits per heavy atom. The highest BCUT2D eigenvalue weighted by atomic mass is 16.5. The van der Waals surface area contributed by atoms with Crippen LogP contribution < -0.4 is 0 Å². The molecule has 1 N–H and O–H groups in total. The first-order valence-corrected chi connectivity index (χ1v) is 7.93. The zero-order valence-corrected chi connectivity index (χ0v) is 12.3. The molecule has 0 amide bonds. The summed E-state index contributed by atoms with van der Waals surface area (Å²) in [7, 11) is 0. The minimum Gasteiger partial charge on any atom is -0.390 e. The van der Waals surface area contributed by atoms with E-state index in [0.717, 1.165) is 12.3 Å². The quantitative estimate of drug-likeness (QED) is 0.831. The Hall–Kier alpha value is -0.0800. The number of rotatable bonds is 3. The molecular weight excluding hydrogens is 224 g/mol. The van der Waals surface area contributed by atoms with Gasteiger partial charge >= 0.3 is 0 Å². The van der Waals surface area contributed by atoms with Gasteiger partial charge in [0.25, 0.3) is 0 Å². The van der Waals surface area contributed by atoms with Crippen molar-refractivity contribution >= 4 is 0 Å². The smallest absolute Gasteiger partial charge is 0.0863 e. The summed E-state index contributed by atoms with van der Waals surface area (Å²) in [4.78, 5) is 0. The van der Waals surface area contributed by atoms with E-state index < -0.39 is 0 Å². The highest BCUT2D eigenvalue weighted by molar-refractivity contribution is 4.85. The van der Waals surface area contributed by atoms with E-state index in [1.165, 1.54) is 38.5 Å². The van der Waals surface area contributed by atoms with Crippen LogP contribution >= 0.6 is 0 Å². The zero-order valence-electron chi connectivity index (χ0n) is 12.3. The summed E-state index contributed by atoms with van der Waals surface area (Å²) in [5, 5.41) is 10.2. The van der Waals surface area contributed by atoms with Gasteiger partial charge in [0.05, 0.1) is 18.3 Å². The maximum Gasteiger partial charge on any atom is 0.0863 e. The first kappa shape index (κ1) is 14.3. The largest absolute Gasteiger partial charge is 0.390 e. The normalized spacial score (nSPS) is 46.0. The average molecular weight is 254 g/mol. The van der Waals surface area contributed by atoms with Gasteiger partial charge in [0.2, 0.25) is 0 Å². The molecule has 6 unspecified atom stereocenters. The number of ether oxygens (including phenoxy) is 1. The van der Waals surface area contributed by atoms with Crippen molar-refractivity contribution in [2.24, 2.45) is 17.8 Å². The van der Waals surface area contributed by atoms with Gasteiger partial charge in [-0.1, -0.05) is 40.0 Å². The molecule has 2 nitrogen and oxygen atoms in total. The summed E-state index contributed by atoms with van der Waals surface area (Å²) < 4.78 is 6.29. The Labute approximate surface area is 112 Å². The van der Waals surface area contributed by atoms with Crippen molar-refractivity contribution in [3.05, 3.63) is 0 Å². The van der Waals surface area contributed by atoms with Crippen LogP contribution in [0.5, 0.6) is 0 Å². The third-order valence-electron chi connectivity index (χ3n) is 5.02. The van der Waals surface area contributed by atoms with Crippen molar-refractivity contribution in [3.63, 3.8) is 0 Å². The summed E-state index contributed by atoms with van der Waals surface area (Å²) in [6.45, 7) is 6.76. The van der Waals surface area contributed by atoms with Crippen LogP contribution in [0.4, 0.5) is 0 Å². The van der Waals surface area contributed by atoms with Crippen LogP contribution in [0.15, 0.2) is 0 Å². The highest BCUT2D eigenvalue weighted by Crippen LogP contribution is 2.35. The molecule has 0 aromatic rings. The predicted octanol–water partition coefficient (Wildman–Crippen LogP) is 3.77. The van der Waals surface area contributed by atoms with Crippen molar-refractivity contribution < 1.29 is 9.84 Å². The molecule has 0 aliphatic heterocycles. The monoisotopic (exact) mass is 254 g/mol. The lowest BCUT2D eigenvalue weighted by Gasteiger charge is -2.40. The molecule has 0 radical (unpaired) electrons. The topological polar surface area (TPSA) is 29.5 Å². The Balaban J connectivity index is 1.87. The van der Waals surface area contributed by atoms with E-state index in [9.17, 15) is 5.11 Å². The van der Waals surface area contributed by atoms with Crippen LogP contribution in [0, 0.1) is 17.8 Å². The second-order valence-corrected chi connectivity index (χ2v) is 6.78. The SMILES string of the molecule is CCC1CCCC(OC2C(C)CC(C)CC2O)C1. The van der Waals surface area contributed by atoms with Gasteiger partial charge in [0.1, 0.15) is 0 Å². The summed E-state index contributed by atoms with van der Waals surface area (Å²) >= 11 is 0. The van der Waals surface area contributed by atoms with Crippen molar-refractivity contribution in [2.45, 2.75) is 84.0 Å². The lowest BCUT2D eigenvalue weighted by Crippen LogP contribution is -2.44. The van der Waals surface area contributed by atoms with Gasteiger partial charge in [0, 0.05) is 0 Å². The fraction of sp³-hybridized carbons (Fsp3) is 1.00. The lowest BCUT2D eigenvalue weighted by molar-refractivity contribution is -0.136. The Morgan fingerprint density at radius 1 is 1.11 bits per heavy atom. The van der Waals surface area contributed by atoms with Gasteiger partial charge < -0.3 is 9.84 Å². The number of aliphatic hydroxyl groups excluding tert-OH is 1. The maximum absolute atomic E-state index is 10.2. The Bertz CT molecular complexity index is 241. The molecule has 2 aliphatic rings. The van der Waals surface area contributed by atoms with Gasteiger partial charge in [-0.2, -0.15) is 0 Å². The maximum atomic E-state index is 10.2. The van der Waals surface area contributed by atoms with Gasteiger partial charge in [-0.15, -0.1) is 0 Å². The number of aliphatic hydroxyl groups is 1. The van der Waals surface area contributed by atoms with Crippen LogP contribution in [0.2, 0.25) is 0 Å². The molecule has 0 saturated heterocycles. The molecule has 0 aromatic carbocycles. The fourth-order valence-corrected chi connectivity index (χ4v) is 3.97. The van der Waals surface area contributed by atoms with Gasteiger partial charge in [-0.25, -0.2) is 0 Å². The fourth-order valence-electron chi connectivity index (χ4n) is 3.97. The molecule has 18 heavy (non-hydrogen) atoms. The Kier molecular flexibility index (Phi) is 5.08. The minimum absolute atomic E-state index is 0.0850. The van der Waals surface area contributed by atoms with Crippen molar-refractivity contribution in [2.75, 3.05) is 0 Å². The molecule has 0 bridgehead atoms. The second-order valence-electron chi connectivity index (χ2n) is 6.78. The van der Waals surface area contributed by atoms with E-state index in [1.54, 1.807) is 0 Å². The van der Waals surface area contributed by atoms with Crippen LogP contribution in [0.25, 0.3) is 0 Å². The van der Waals surface area contributed by atoms with Gasteiger partial charge in [-0.3, -0.25) is 0 Å². The first-order valence-electron chi connectivity index (χ1n) is 7.93. The zero-order chi connectivity index (χ0) is 13.1. The van der Waals surface area contributed by atoms with Crippen LogP contribution in [0.3, 0.4) is 0 Å².